The minimum absolute atomic E-state index is 0.00584. The number of carbonyl (C=O) groups is 6. The second-order valence-electron chi connectivity index (χ2n) is 9.33. The summed E-state index contributed by atoms with van der Waals surface area (Å²) in [5.74, 6) is -3.91. The Labute approximate surface area is 222 Å². The first-order valence-corrected chi connectivity index (χ1v) is 12.4. The van der Waals surface area contributed by atoms with Gasteiger partial charge in [0, 0.05) is 13.0 Å². The van der Waals surface area contributed by atoms with Gasteiger partial charge in [-0.1, -0.05) is 13.8 Å². The van der Waals surface area contributed by atoms with E-state index in [0.717, 1.165) is 0 Å². The number of rotatable bonds is 20. The quantitative estimate of drug-likeness (QED) is 0.0666. The number of aliphatic hydroxyl groups is 2. The Morgan fingerprint density at radius 2 is 1.39 bits per heavy atom. The van der Waals surface area contributed by atoms with Crippen LogP contribution in [0.15, 0.2) is 0 Å². The van der Waals surface area contributed by atoms with Crippen molar-refractivity contribution < 1.29 is 39.0 Å². The van der Waals surface area contributed by atoms with Gasteiger partial charge in [-0.05, 0) is 38.5 Å². The van der Waals surface area contributed by atoms with E-state index in [2.05, 4.69) is 21.3 Å². The topological polar surface area (TPSA) is 269 Å². The third kappa shape index (κ3) is 13.4. The van der Waals surface area contributed by atoms with Crippen LogP contribution in [0.25, 0.3) is 0 Å². The van der Waals surface area contributed by atoms with Crippen LogP contribution in [-0.2, 0) is 28.8 Å². The molecule has 0 heterocycles. The van der Waals surface area contributed by atoms with Crippen LogP contribution >= 0.6 is 0 Å². The normalized spacial score (nSPS) is 15.0. The van der Waals surface area contributed by atoms with Gasteiger partial charge in [0.25, 0.3) is 0 Å². The molecule has 0 aromatic heterocycles. The molecule has 12 N–H and O–H groups in total. The minimum Gasteiger partial charge on any atom is -0.394 e. The first kappa shape index (κ1) is 34.9. The summed E-state index contributed by atoms with van der Waals surface area (Å²) in [5, 5.41) is 28.7. The highest BCUT2D eigenvalue weighted by Gasteiger charge is 2.28. The highest BCUT2D eigenvalue weighted by Crippen LogP contribution is 2.04. The van der Waals surface area contributed by atoms with Crippen molar-refractivity contribution in [2.75, 3.05) is 19.8 Å². The molecule has 0 aliphatic carbocycles. The lowest BCUT2D eigenvalue weighted by Crippen LogP contribution is -2.57. The molecule has 0 rings (SSSR count). The van der Waals surface area contributed by atoms with Crippen LogP contribution in [0, 0.1) is 5.92 Å². The predicted octanol–water partition coefficient (Wildman–Crippen LogP) is -4.12. The Morgan fingerprint density at radius 1 is 0.789 bits per heavy atom. The van der Waals surface area contributed by atoms with Gasteiger partial charge in [0.1, 0.15) is 23.9 Å². The lowest BCUT2D eigenvalue weighted by Gasteiger charge is -2.23. The van der Waals surface area contributed by atoms with E-state index in [-0.39, 0.29) is 43.4 Å². The molecule has 0 aromatic rings. The molecule has 15 nitrogen and oxygen atoms in total. The molecule has 0 aliphatic rings. The highest BCUT2D eigenvalue weighted by atomic mass is 16.3. The first-order chi connectivity index (χ1) is 17.7. The summed E-state index contributed by atoms with van der Waals surface area (Å²) in [5.41, 5.74) is 16.3. The average Bonchev–Trinajstić information content (AvgIpc) is 2.84. The molecule has 218 valence electrons. The van der Waals surface area contributed by atoms with Crippen LogP contribution in [0.2, 0.25) is 0 Å². The number of primary amides is 2. The van der Waals surface area contributed by atoms with Crippen LogP contribution in [0.5, 0.6) is 0 Å². The largest absolute Gasteiger partial charge is 0.394 e. The number of nitrogens with one attached hydrogen (secondary N) is 4. The molecular formula is C23H43N7O8. The van der Waals surface area contributed by atoms with E-state index < -0.39 is 67.1 Å². The number of aliphatic hydroxyl groups excluding tert-OH is 2. The smallest absolute Gasteiger partial charge is 0.245 e. The fraction of sp³-hybridized carbons (Fsp3) is 0.739. The van der Waals surface area contributed by atoms with Crippen LogP contribution < -0.4 is 38.5 Å². The third-order valence-corrected chi connectivity index (χ3v) is 5.77. The maximum absolute atomic E-state index is 12.3. The number of ketones is 1. The number of amides is 5. The Morgan fingerprint density at radius 3 is 1.87 bits per heavy atom. The molecule has 0 bridgehead atoms. The monoisotopic (exact) mass is 545 g/mol. The Hall–Kier alpha value is -3.14. The molecule has 15 heteroatoms. The van der Waals surface area contributed by atoms with Crippen molar-refractivity contribution >= 4 is 35.3 Å². The van der Waals surface area contributed by atoms with E-state index in [1.54, 1.807) is 13.8 Å². The molecule has 38 heavy (non-hydrogen) atoms. The van der Waals surface area contributed by atoms with Gasteiger partial charge in [-0.15, -0.1) is 0 Å². The van der Waals surface area contributed by atoms with E-state index in [1.165, 1.54) is 6.92 Å². The summed E-state index contributed by atoms with van der Waals surface area (Å²) in [7, 11) is 0. The lowest BCUT2D eigenvalue weighted by molar-refractivity contribution is -0.133. The van der Waals surface area contributed by atoms with Gasteiger partial charge in [-0.3, -0.25) is 34.1 Å². The fourth-order valence-electron chi connectivity index (χ4n) is 3.38. The number of carbonyl (C=O) groups excluding carboxylic acids is 6. The number of hydrogen-bond donors (Lipinski definition) is 9. The van der Waals surface area contributed by atoms with E-state index in [9.17, 15) is 33.9 Å². The van der Waals surface area contributed by atoms with Crippen molar-refractivity contribution in [2.45, 2.75) is 83.1 Å². The van der Waals surface area contributed by atoms with E-state index >= 15 is 0 Å². The predicted molar refractivity (Wildman–Crippen MR) is 137 cm³/mol. The molecule has 0 saturated heterocycles. The molecule has 0 fully saturated rings. The number of unbranched alkanes of at least 4 members (excludes halogenated alkanes) is 1. The summed E-state index contributed by atoms with van der Waals surface area (Å²) < 4.78 is 0. The molecule has 3 unspecified atom stereocenters. The summed E-state index contributed by atoms with van der Waals surface area (Å²) in [6.45, 7) is 3.66. The van der Waals surface area contributed by atoms with Crippen LogP contribution in [0.1, 0.15) is 52.9 Å². The fourth-order valence-corrected chi connectivity index (χ4v) is 3.38. The molecule has 0 spiro atoms. The van der Waals surface area contributed by atoms with Gasteiger partial charge in [-0.2, -0.15) is 0 Å². The third-order valence-electron chi connectivity index (χ3n) is 5.77. The standard InChI is InChI=1S/C23H43N7O8/c1-12(2)19(21(26)36)30-23(38)17(11-32)29-22(37)14(24)6-4-5-9-27-18(34)8-7-15(13(3)33)28-16(10-31)20(25)35/h12,14-17,19,28,31-32H,4-11,24H2,1-3H3,(H2,25,35)(H2,26,36)(H,27,34)(H,29,37)(H,30,38)/t14?,15?,16-,17-,19?/m0/s1. The number of Topliss-reactive ketones (excluding diaryl/α,β-unsaturated/α-hetero) is 1. The molecule has 5 amide bonds. The van der Waals surface area contributed by atoms with Crippen molar-refractivity contribution in [2.24, 2.45) is 23.1 Å². The molecular weight excluding hydrogens is 502 g/mol. The Balaban J connectivity index is 4.44. The zero-order valence-electron chi connectivity index (χ0n) is 22.2. The molecule has 0 saturated carbocycles. The average molecular weight is 546 g/mol. The number of hydrogen-bond acceptors (Lipinski definition) is 10. The van der Waals surface area contributed by atoms with Gasteiger partial charge in [-0.25, -0.2) is 0 Å². The van der Waals surface area contributed by atoms with Crippen LogP contribution in [0.3, 0.4) is 0 Å². The Bertz CT molecular complexity index is 824. The summed E-state index contributed by atoms with van der Waals surface area (Å²) in [4.78, 5) is 71.2. The zero-order chi connectivity index (χ0) is 29.4. The van der Waals surface area contributed by atoms with Gasteiger partial charge < -0.3 is 43.4 Å². The number of nitrogens with two attached hydrogens (primary N) is 3. The van der Waals surface area contributed by atoms with Gasteiger partial charge in [0.15, 0.2) is 0 Å². The molecule has 0 radical (unpaired) electrons. The van der Waals surface area contributed by atoms with E-state index in [4.69, 9.17) is 22.3 Å². The van der Waals surface area contributed by atoms with Crippen LogP contribution in [-0.4, -0.2) is 95.5 Å². The summed E-state index contributed by atoms with van der Waals surface area (Å²) >= 11 is 0. The van der Waals surface area contributed by atoms with Gasteiger partial charge >= 0.3 is 0 Å². The zero-order valence-corrected chi connectivity index (χ0v) is 22.2. The second-order valence-corrected chi connectivity index (χ2v) is 9.33. The van der Waals surface area contributed by atoms with Gasteiger partial charge in [0.2, 0.25) is 29.5 Å². The minimum atomic E-state index is -1.31. The SMILES string of the molecule is CC(=O)C(CCC(=O)NCCCCC(N)C(=O)N[C@@H](CO)C(=O)NC(C(N)=O)C(C)C)N[C@@H](CO)C(N)=O. The van der Waals surface area contributed by atoms with Crippen LogP contribution in [0.4, 0.5) is 0 Å². The maximum atomic E-state index is 12.3. The molecule has 0 aliphatic heterocycles. The maximum Gasteiger partial charge on any atom is 0.245 e. The van der Waals surface area contributed by atoms with Crippen molar-refractivity contribution in [1.29, 1.82) is 0 Å². The first-order valence-electron chi connectivity index (χ1n) is 12.4. The highest BCUT2D eigenvalue weighted by molar-refractivity contribution is 5.92. The van der Waals surface area contributed by atoms with Crippen molar-refractivity contribution in [1.82, 2.24) is 21.3 Å². The van der Waals surface area contributed by atoms with Gasteiger partial charge in [0.05, 0.1) is 25.3 Å². The molecule has 0 aromatic carbocycles. The second kappa shape index (κ2) is 18.2. The van der Waals surface area contributed by atoms with E-state index in [0.29, 0.717) is 12.8 Å². The summed E-state index contributed by atoms with van der Waals surface area (Å²) in [6.07, 6.45) is 1.30. The van der Waals surface area contributed by atoms with E-state index in [1.807, 2.05) is 0 Å². The lowest BCUT2D eigenvalue weighted by atomic mass is 10.0. The Kier molecular flexibility index (Phi) is 16.7. The van der Waals surface area contributed by atoms with Crippen molar-refractivity contribution in [3.63, 3.8) is 0 Å². The van der Waals surface area contributed by atoms with Crippen molar-refractivity contribution in [3.05, 3.63) is 0 Å². The van der Waals surface area contributed by atoms with Crippen molar-refractivity contribution in [3.8, 4) is 0 Å². The molecule has 5 atom stereocenters. The summed E-state index contributed by atoms with van der Waals surface area (Å²) in [6, 6.07) is -5.16.